The minimum Gasteiger partial charge on any atom is -0.453 e. The number of aromatic amines is 2. The Hall–Kier alpha value is -6.44. The van der Waals surface area contributed by atoms with Crippen molar-refractivity contribution in [1.82, 2.24) is 40.4 Å². The number of imidazole rings is 2. The molecule has 6 aromatic rings. The van der Waals surface area contributed by atoms with Gasteiger partial charge in [0.1, 0.15) is 23.7 Å². The maximum absolute atomic E-state index is 13.7. The van der Waals surface area contributed by atoms with E-state index in [4.69, 9.17) is 19.4 Å². The molecule has 8 rings (SSSR count). The van der Waals surface area contributed by atoms with Crippen molar-refractivity contribution in [2.45, 2.75) is 77.5 Å². The summed E-state index contributed by atoms with van der Waals surface area (Å²) in [5.74, 6) is 0.992. The third-order valence-corrected chi connectivity index (χ3v) is 12.0. The van der Waals surface area contributed by atoms with Crippen LogP contribution < -0.4 is 10.6 Å². The largest absolute Gasteiger partial charge is 0.453 e. The van der Waals surface area contributed by atoms with Crippen LogP contribution in [0.5, 0.6) is 0 Å². The van der Waals surface area contributed by atoms with Crippen LogP contribution in [-0.4, -0.2) is 93.1 Å². The van der Waals surface area contributed by atoms with Crippen molar-refractivity contribution in [3.63, 3.8) is 0 Å². The number of hydrogen-bond acceptors (Lipinski definition) is 8. The van der Waals surface area contributed by atoms with Crippen LogP contribution in [0.4, 0.5) is 9.59 Å². The van der Waals surface area contributed by atoms with Gasteiger partial charge in [-0.15, -0.1) is 0 Å². The lowest BCUT2D eigenvalue weighted by Gasteiger charge is -2.29. The number of carbonyl (C=O) groups excluding carboxylic acids is 4. The number of H-pyrrole nitrogens is 2. The fourth-order valence-corrected chi connectivity index (χ4v) is 8.72. The van der Waals surface area contributed by atoms with Crippen LogP contribution in [0.2, 0.25) is 0 Å². The van der Waals surface area contributed by atoms with Crippen LogP contribution in [0.15, 0.2) is 72.8 Å². The first-order chi connectivity index (χ1) is 28.9. The van der Waals surface area contributed by atoms with Gasteiger partial charge in [0.05, 0.1) is 48.4 Å². The minimum absolute atomic E-state index is 0.108. The van der Waals surface area contributed by atoms with Gasteiger partial charge in [0.2, 0.25) is 11.8 Å². The minimum atomic E-state index is -0.692. The van der Waals surface area contributed by atoms with Crippen LogP contribution in [0, 0.1) is 11.8 Å². The monoisotopic (exact) mass is 812 g/mol. The average molecular weight is 813 g/mol. The zero-order valence-electron chi connectivity index (χ0n) is 34.9. The topological polar surface area (TPSA) is 175 Å². The van der Waals surface area contributed by atoms with Gasteiger partial charge in [0.15, 0.2) is 0 Å². The lowest BCUT2D eigenvalue weighted by molar-refractivity contribution is -0.136. The van der Waals surface area contributed by atoms with Crippen molar-refractivity contribution < 1.29 is 28.7 Å². The second-order valence-electron chi connectivity index (χ2n) is 16.6. The number of carbonyl (C=O) groups is 4. The van der Waals surface area contributed by atoms with Gasteiger partial charge in [-0.25, -0.2) is 19.6 Å². The molecule has 60 heavy (non-hydrogen) atoms. The zero-order chi connectivity index (χ0) is 42.2. The number of amides is 4. The summed E-state index contributed by atoms with van der Waals surface area (Å²) < 4.78 is 9.56. The van der Waals surface area contributed by atoms with E-state index in [1.807, 2.05) is 49.6 Å². The van der Waals surface area contributed by atoms with Crippen LogP contribution in [-0.2, 0) is 19.1 Å². The molecule has 312 valence electrons. The number of nitrogens with one attached hydrogen (secondary N) is 4. The molecule has 4 atom stereocenters. The van der Waals surface area contributed by atoms with E-state index in [-0.39, 0.29) is 35.7 Å². The SMILES string of the molecule is COC(=O)NC(C(=O)N1CCCC1c1nc2ccc(-c3ccc4cc(-c5ccc6nc(C7CCCN7C(=O)C(NC(=O)OC)C(C)C)[nH]c6c5)ccc4c3)cc2[nH]1)C(C)C. The molecule has 0 spiro atoms. The van der Waals surface area contributed by atoms with Crippen molar-refractivity contribution in [3.8, 4) is 22.3 Å². The molecular weight excluding hydrogens is 761 g/mol. The second kappa shape index (κ2) is 16.7. The number of fused-ring (bicyclic) bond motifs is 3. The Morgan fingerprint density at radius 3 is 1.37 bits per heavy atom. The van der Waals surface area contributed by atoms with E-state index in [0.717, 1.165) is 92.4 Å². The number of alkyl carbamates (subject to hydrolysis) is 2. The number of benzene rings is 4. The molecule has 14 heteroatoms. The molecular formula is C46H52N8O6. The molecule has 4 unspecified atom stereocenters. The molecule has 2 aromatic heterocycles. The van der Waals surface area contributed by atoms with Gasteiger partial charge in [0.25, 0.3) is 0 Å². The fourth-order valence-electron chi connectivity index (χ4n) is 8.72. The predicted molar refractivity (Wildman–Crippen MR) is 230 cm³/mol. The van der Waals surface area contributed by atoms with Crippen molar-refractivity contribution in [2.24, 2.45) is 11.8 Å². The molecule has 4 heterocycles. The van der Waals surface area contributed by atoms with Crippen molar-refractivity contribution >= 4 is 56.8 Å². The van der Waals surface area contributed by atoms with E-state index in [1.165, 1.54) is 14.2 Å². The highest BCUT2D eigenvalue weighted by Gasteiger charge is 2.39. The molecule has 14 nitrogen and oxygen atoms in total. The molecule has 0 bridgehead atoms. The Bertz CT molecular complexity index is 2420. The lowest BCUT2D eigenvalue weighted by atomic mass is 9.97. The van der Waals surface area contributed by atoms with Gasteiger partial charge in [-0.05, 0) is 107 Å². The van der Waals surface area contributed by atoms with E-state index in [9.17, 15) is 19.2 Å². The number of hydrogen-bond donors (Lipinski definition) is 4. The Morgan fingerprint density at radius 2 is 0.983 bits per heavy atom. The summed E-state index contributed by atoms with van der Waals surface area (Å²) in [6.45, 7) is 8.82. The predicted octanol–water partition coefficient (Wildman–Crippen LogP) is 8.01. The molecule has 4 N–H and O–H groups in total. The van der Waals surface area contributed by atoms with E-state index in [2.05, 4.69) is 81.3 Å². The number of nitrogens with zero attached hydrogens (tertiary/aromatic N) is 4. The summed E-state index contributed by atoms with van der Waals surface area (Å²) in [4.78, 5) is 71.8. The van der Waals surface area contributed by atoms with Crippen LogP contribution in [0.25, 0.3) is 55.1 Å². The van der Waals surface area contributed by atoms with Crippen molar-refractivity contribution in [1.29, 1.82) is 0 Å². The summed E-state index contributed by atoms with van der Waals surface area (Å²) in [5, 5.41) is 7.65. The third kappa shape index (κ3) is 7.85. The third-order valence-electron chi connectivity index (χ3n) is 12.0. The first-order valence-electron chi connectivity index (χ1n) is 20.8. The van der Waals surface area contributed by atoms with E-state index in [1.54, 1.807) is 0 Å². The maximum Gasteiger partial charge on any atom is 0.407 e. The molecule has 2 aliphatic rings. The highest BCUT2D eigenvalue weighted by molar-refractivity contribution is 5.93. The van der Waals surface area contributed by atoms with Gasteiger partial charge in [-0.1, -0.05) is 64.1 Å². The number of rotatable bonds is 10. The summed E-state index contributed by atoms with van der Waals surface area (Å²) in [6.07, 6.45) is 2.01. The fraction of sp³-hybridized carbons (Fsp3) is 0.391. The molecule has 2 fully saturated rings. The molecule has 0 aliphatic carbocycles. The molecule has 0 radical (unpaired) electrons. The number of methoxy groups -OCH3 is 2. The van der Waals surface area contributed by atoms with Crippen LogP contribution in [0.3, 0.4) is 0 Å². The quantitative estimate of drug-likeness (QED) is 0.108. The molecule has 2 aliphatic heterocycles. The average Bonchev–Trinajstić information content (AvgIpc) is 4.08. The van der Waals surface area contributed by atoms with Gasteiger partial charge in [-0.2, -0.15) is 0 Å². The molecule has 4 amide bonds. The Kier molecular flexibility index (Phi) is 11.2. The van der Waals surface area contributed by atoms with Crippen molar-refractivity contribution in [3.05, 3.63) is 84.4 Å². The summed E-state index contributed by atoms with van der Waals surface area (Å²) in [6, 6.07) is 23.5. The normalized spacial score (nSPS) is 17.8. The number of ether oxygens (including phenoxy) is 2. The first kappa shape index (κ1) is 40.3. The van der Waals surface area contributed by atoms with Gasteiger partial charge in [-0.3, -0.25) is 9.59 Å². The number of likely N-dealkylation sites (tertiary alicyclic amines) is 2. The Balaban J connectivity index is 0.993. The lowest BCUT2D eigenvalue weighted by Crippen LogP contribution is -2.51. The maximum atomic E-state index is 13.7. The summed E-state index contributed by atoms with van der Waals surface area (Å²) in [7, 11) is 2.59. The van der Waals surface area contributed by atoms with E-state index >= 15 is 0 Å². The first-order valence-corrected chi connectivity index (χ1v) is 20.8. The molecule has 2 saturated heterocycles. The highest BCUT2D eigenvalue weighted by atomic mass is 16.5. The standard InChI is InChI=1S/C46H52N8O6/c1-25(2)39(51-45(57)59-5)43(55)53-19-7-9-37(53)41-47-33-17-15-31(23-35(33)49-41)29-13-11-28-22-30(14-12-27(28)21-29)32-16-18-34-36(24-32)50-42(48-34)38-10-8-20-54(38)44(56)40(26(3)4)52-46(58)60-6/h11-18,21-26,37-40H,7-10,19-20H2,1-6H3,(H,47,49)(H,48,50)(H,51,57)(H,52,58). The number of aromatic nitrogens is 4. The van der Waals surface area contributed by atoms with Crippen LogP contribution >= 0.6 is 0 Å². The van der Waals surface area contributed by atoms with E-state index < -0.39 is 24.3 Å². The molecule has 4 aromatic carbocycles. The molecule has 0 saturated carbocycles. The van der Waals surface area contributed by atoms with Gasteiger partial charge < -0.3 is 39.9 Å². The highest BCUT2D eigenvalue weighted by Crippen LogP contribution is 2.36. The smallest absolute Gasteiger partial charge is 0.407 e. The van der Waals surface area contributed by atoms with Crippen LogP contribution in [0.1, 0.15) is 77.1 Å². The van der Waals surface area contributed by atoms with Gasteiger partial charge >= 0.3 is 12.2 Å². The van der Waals surface area contributed by atoms with E-state index in [0.29, 0.717) is 13.1 Å². The Morgan fingerprint density at radius 1 is 0.600 bits per heavy atom. The second-order valence-corrected chi connectivity index (χ2v) is 16.6. The van der Waals surface area contributed by atoms with Crippen molar-refractivity contribution in [2.75, 3.05) is 27.3 Å². The summed E-state index contributed by atoms with van der Waals surface area (Å²) >= 11 is 0. The Labute approximate surface area is 348 Å². The zero-order valence-corrected chi connectivity index (χ0v) is 34.9. The van der Waals surface area contributed by atoms with Gasteiger partial charge in [0, 0.05) is 13.1 Å². The summed E-state index contributed by atoms with van der Waals surface area (Å²) in [5.41, 5.74) is 7.69.